The highest BCUT2D eigenvalue weighted by molar-refractivity contribution is 14.1. The van der Waals surface area contributed by atoms with Gasteiger partial charge in [-0.2, -0.15) is 0 Å². The van der Waals surface area contributed by atoms with Gasteiger partial charge in [-0.3, -0.25) is 4.79 Å². The van der Waals surface area contributed by atoms with Crippen LogP contribution in [0.3, 0.4) is 0 Å². The number of ketones is 1. The van der Waals surface area contributed by atoms with E-state index in [1.54, 1.807) is 6.07 Å². The van der Waals surface area contributed by atoms with Crippen LogP contribution in [-0.4, -0.2) is 5.78 Å². The van der Waals surface area contributed by atoms with Crippen molar-refractivity contribution >= 4 is 45.7 Å². The first kappa shape index (κ1) is 14.2. The van der Waals surface area contributed by atoms with E-state index in [4.69, 9.17) is 17.3 Å². The van der Waals surface area contributed by atoms with E-state index in [2.05, 4.69) is 0 Å². The molecule has 2 nitrogen and oxygen atoms in total. The number of hydrogen-bond donors (Lipinski definition) is 1. The lowest BCUT2D eigenvalue weighted by Crippen LogP contribution is -2.11. The maximum Gasteiger partial charge on any atom is 0.202 e. The molecule has 6 heteroatoms. The monoisotopic (exact) mass is 393 g/mol. The molecule has 0 heterocycles. The molecule has 2 rings (SSSR count). The molecular formula is C13H7ClF2INO. The number of nitrogens with two attached hydrogens (primary N) is 1. The van der Waals surface area contributed by atoms with Crippen LogP contribution >= 0.6 is 34.2 Å². The van der Waals surface area contributed by atoms with Crippen LogP contribution in [0, 0.1) is 15.2 Å². The normalized spacial score (nSPS) is 10.5. The van der Waals surface area contributed by atoms with E-state index in [0.717, 1.165) is 12.1 Å². The minimum atomic E-state index is -0.945. The molecule has 0 atom stereocenters. The summed E-state index contributed by atoms with van der Waals surface area (Å²) in [4.78, 5) is 12.2. The Bertz CT molecular complexity index is 656. The van der Waals surface area contributed by atoms with E-state index in [1.807, 2.05) is 22.6 Å². The average Bonchev–Trinajstić information content (AvgIpc) is 2.34. The zero-order chi connectivity index (χ0) is 14.2. The van der Waals surface area contributed by atoms with Gasteiger partial charge in [-0.15, -0.1) is 0 Å². The Morgan fingerprint density at radius 3 is 2.26 bits per heavy atom. The Hall–Kier alpha value is -1.21. The minimum Gasteiger partial charge on any atom is -0.398 e. The molecule has 0 fully saturated rings. The van der Waals surface area contributed by atoms with Gasteiger partial charge in [-0.05, 0) is 46.9 Å². The summed E-state index contributed by atoms with van der Waals surface area (Å²) in [5.41, 5.74) is 5.02. The smallest absolute Gasteiger partial charge is 0.202 e. The third-order valence-electron chi connectivity index (χ3n) is 2.54. The second-order valence-electron chi connectivity index (χ2n) is 3.75. The van der Waals surface area contributed by atoms with Crippen molar-refractivity contribution in [3.8, 4) is 0 Å². The van der Waals surface area contributed by atoms with Crippen molar-refractivity contribution in [3.63, 3.8) is 0 Å². The second-order valence-corrected chi connectivity index (χ2v) is 5.29. The minimum absolute atomic E-state index is 0.0815. The molecule has 2 aromatic carbocycles. The molecule has 2 aromatic rings. The van der Waals surface area contributed by atoms with Crippen molar-refractivity contribution in [1.82, 2.24) is 0 Å². The second kappa shape index (κ2) is 5.42. The van der Waals surface area contributed by atoms with Gasteiger partial charge >= 0.3 is 0 Å². The van der Waals surface area contributed by atoms with Crippen molar-refractivity contribution in [2.75, 3.05) is 5.73 Å². The number of halogens is 4. The fourth-order valence-corrected chi connectivity index (χ4v) is 2.34. The summed E-state index contributed by atoms with van der Waals surface area (Å²) in [6.07, 6.45) is 0. The first-order chi connectivity index (χ1) is 8.93. The van der Waals surface area contributed by atoms with Crippen LogP contribution < -0.4 is 5.73 Å². The fraction of sp³-hybridized carbons (Fsp3) is 0. The summed E-state index contributed by atoms with van der Waals surface area (Å²) in [5.74, 6) is -2.75. The molecule has 0 saturated heterocycles. The number of carbonyl (C=O) groups is 1. The van der Waals surface area contributed by atoms with E-state index >= 15 is 0 Å². The summed E-state index contributed by atoms with van der Waals surface area (Å²) in [6.45, 7) is 0. The largest absolute Gasteiger partial charge is 0.398 e. The third kappa shape index (κ3) is 2.57. The number of hydrogen-bond acceptors (Lipinski definition) is 2. The number of benzene rings is 2. The molecule has 0 aromatic heterocycles. The number of carbonyl (C=O) groups excluding carboxylic acids is 1. The molecule has 0 radical (unpaired) electrons. The van der Waals surface area contributed by atoms with E-state index in [-0.39, 0.29) is 16.3 Å². The van der Waals surface area contributed by atoms with E-state index in [0.29, 0.717) is 3.57 Å². The molecule has 0 aliphatic rings. The van der Waals surface area contributed by atoms with E-state index < -0.39 is 23.0 Å². The van der Waals surface area contributed by atoms with Gasteiger partial charge in [0.1, 0.15) is 11.6 Å². The molecule has 0 aliphatic heterocycles. The number of rotatable bonds is 2. The maximum absolute atomic E-state index is 13.6. The van der Waals surface area contributed by atoms with Gasteiger partial charge in [0.25, 0.3) is 0 Å². The fourth-order valence-electron chi connectivity index (χ4n) is 1.64. The van der Waals surface area contributed by atoms with Crippen LogP contribution in [0.2, 0.25) is 5.02 Å². The lowest BCUT2D eigenvalue weighted by atomic mass is 10.0. The summed E-state index contributed by atoms with van der Waals surface area (Å²) in [5, 5.41) is 0.0910. The van der Waals surface area contributed by atoms with Crippen molar-refractivity contribution < 1.29 is 13.6 Å². The molecule has 2 N–H and O–H groups in total. The predicted molar refractivity (Wildman–Crippen MR) is 78.4 cm³/mol. The highest BCUT2D eigenvalue weighted by Gasteiger charge is 2.23. The van der Waals surface area contributed by atoms with E-state index in [9.17, 15) is 13.6 Å². The Kier molecular flexibility index (Phi) is 4.05. The van der Waals surface area contributed by atoms with Crippen molar-refractivity contribution in [3.05, 3.63) is 61.7 Å². The van der Waals surface area contributed by atoms with Crippen LogP contribution in [-0.2, 0) is 0 Å². The van der Waals surface area contributed by atoms with Crippen LogP contribution in [0.4, 0.5) is 14.5 Å². The van der Waals surface area contributed by atoms with Crippen LogP contribution in [0.25, 0.3) is 0 Å². The molecule has 19 heavy (non-hydrogen) atoms. The van der Waals surface area contributed by atoms with Gasteiger partial charge in [-0.25, -0.2) is 8.78 Å². The predicted octanol–water partition coefficient (Wildman–Crippen LogP) is 4.04. The quantitative estimate of drug-likeness (QED) is 0.475. The molecule has 0 saturated carbocycles. The zero-order valence-electron chi connectivity index (χ0n) is 9.38. The van der Waals surface area contributed by atoms with Crippen LogP contribution in [0.1, 0.15) is 15.9 Å². The third-order valence-corrected chi connectivity index (χ3v) is 4.15. The summed E-state index contributed by atoms with van der Waals surface area (Å²) >= 11 is 7.90. The van der Waals surface area contributed by atoms with Gasteiger partial charge in [-0.1, -0.05) is 17.7 Å². The summed E-state index contributed by atoms with van der Waals surface area (Å²) in [7, 11) is 0. The Morgan fingerprint density at radius 1 is 1.11 bits per heavy atom. The Morgan fingerprint density at radius 2 is 1.68 bits per heavy atom. The molecule has 0 bridgehead atoms. The van der Waals surface area contributed by atoms with Gasteiger partial charge in [0.05, 0.1) is 16.1 Å². The maximum atomic E-state index is 13.6. The topological polar surface area (TPSA) is 43.1 Å². The molecule has 0 amide bonds. The van der Waals surface area contributed by atoms with Crippen molar-refractivity contribution in [1.29, 1.82) is 0 Å². The van der Waals surface area contributed by atoms with Gasteiger partial charge in [0.15, 0.2) is 0 Å². The van der Waals surface area contributed by atoms with Gasteiger partial charge in [0.2, 0.25) is 5.78 Å². The zero-order valence-corrected chi connectivity index (χ0v) is 12.3. The molecular weight excluding hydrogens is 387 g/mol. The first-order valence-corrected chi connectivity index (χ1v) is 6.61. The summed E-state index contributed by atoms with van der Waals surface area (Å²) < 4.78 is 27.8. The standard InChI is InChI=1S/C13H7ClF2INO/c14-12-8(17)4-5-9(18)11(12)13(19)10-6(15)2-1-3-7(10)16/h1-5H,18H2. The SMILES string of the molecule is Nc1ccc(I)c(Cl)c1C(=O)c1c(F)cccc1F. The number of nitrogen functional groups attached to an aromatic ring is 1. The lowest BCUT2D eigenvalue weighted by Gasteiger charge is -2.10. The average molecular weight is 394 g/mol. The number of anilines is 1. The van der Waals surface area contributed by atoms with E-state index in [1.165, 1.54) is 12.1 Å². The summed E-state index contributed by atoms with van der Waals surface area (Å²) in [6, 6.07) is 6.29. The molecule has 0 aliphatic carbocycles. The highest BCUT2D eigenvalue weighted by atomic mass is 127. The van der Waals surface area contributed by atoms with Crippen molar-refractivity contribution in [2.24, 2.45) is 0 Å². The van der Waals surface area contributed by atoms with Crippen LogP contribution in [0.5, 0.6) is 0 Å². The van der Waals surface area contributed by atoms with Gasteiger partial charge in [0, 0.05) is 9.26 Å². The molecule has 0 spiro atoms. The Labute approximate surface area is 126 Å². The molecule has 98 valence electrons. The first-order valence-electron chi connectivity index (χ1n) is 5.15. The highest BCUT2D eigenvalue weighted by Crippen LogP contribution is 2.30. The molecule has 0 unspecified atom stereocenters. The lowest BCUT2D eigenvalue weighted by molar-refractivity contribution is 0.103. The Balaban J connectivity index is 2.67. The van der Waals surface area contributed by atoms with Crippen molar-refractivity contribution in [2.45, 2.75) is 0 Å². The van der Waals surface area contributed by atoms with Gasteiger partial charge < -0.3 is 5.73 Å². The van der Waals surface area contributed by atoms with Crippen LogP contribution in [0.15, 0.2) is 30.3 Å².